The molecule has 21 heavy (non-hydrogen) atoms. The Bertz CT molecular complexity index is 638. The first-order valence-electron chi connectivity index (χ1n) is 6.95. The normalized spacial score (nSPS) is 17.9. The number of benzene rings is 1. The molecule has 2 aromatic rings. The fourth-order valence-corrected chi connectivity index (χ4v) is 2.70. The highest BCUT2D eigenvalue weighted by Gasteiger charge is 2.32. The Morgan fingerprint density at radius 2 is 2.05 bits per heavy atom. The van der Waals surface area contributed by atoms with Crippen molar-refractivity contribution in [2.45, 2.75) is 32.7 Å². The first kappa shape index (κ1) is 13.8. The lowest BCUT2D eigenvalue weighted by atomic mass is 10.1. The zero-order valence-electron chi connectivity index (χ0n) is 12.2. The predicted molar refractivity (Wildman–Crippen MR) is 76.1 cm³/mol. The summed E-state index contributed by atoms with van der Waals surface area (Å²) < 4.78 is 6.99. The zero-order valence-corrected chi connectivity index (χ0v) is 12.2. The van der Waals surface area contributed by atoms with Gasteiger partial charge in [0.2, 0.25) is 5.91 Å². The third kappa shape index (κ3) is 2.54. The van der Waals surface area contributed by atoms with E-state index in [9.17, 15) is 4.79 Å². The van der Waals surface area contributed by atoms with E-state index in [1.807, 2.05) is 46.7 Å². The number of nitrogens with zero attached hydrogens (tertiary/aromatic N) is 4. The van der Waals surface area contributed by atoms with Gasteiger partial charge in [0.1, 0.15) is 12.6 Å². The van der Waals surface area contributed by atoms with Crippen molar-refractivity contribution >= 4 is 5.91 Å². The number of methoxy groups -OCH3 is 1. The average molecular weight is 286 g/mol. The summed E-state index contributed by atoms with van der Waals surface area (Å²) in [6, 6.07) is 9.68. The largest absolute Gasteiger partial charge is 0.377 e. The number of carbonyl (C=O) groups excluding carboxylic acids is 1. The number of hydrogen-bond acceptors (Lipinski definition) is 4. The molecule has 0 fully saturated rings. The van der Waals surface area contributed by atoms with Gasteiger partial charge in [0.05, 0.1) is 6.54 Å². The number of rotatable bonds is 4. The summed E-state index contributed by atoms with van der Waals surface area (Å²) in [4.78, 5) is 14.4. The molecule has 0 aliphatic carbocycles. The van der Waals surface area contributed by atoms with Crippen molar-refractivity contribution in [3.05, 3.63) is 47.5 Å². The van der Waals surface area contributed by atoms with Crippen molar-refractivity contribution in [1.29, 1.82) is 0 Å². The maximum absolute atomic E-state index is 12.6. The standard InChI is InChI=1S/C15H18N4O2/c1-11-15(20)18(8-12-6-4-3-5-7-12)9-13-16-17-14(10-21-2)19(11)13/h3-7,11H,8-10H2,1-2H3/t11-/m1/s1. The maximum atomic E-state index is 12.6. The van der Waals surface area contributed by atoms with Crippen LogP contribution in [0, 0.1) is 0 Å². The summed E-state index contributed by atoms with van der Waals surface area (Å²) in [5.41, 5.74) is 1.11. The van der Waals surface area contributed by atoms with Gasteiger partial charge in [-0.3, -0.25) is 9.36 Å². The van der Waals surface area contributed by atoms with Crippen LogP contribution in [0.15, 0.2) is 30.3 Å². The van der Waals surface area contributed by atoms with E-state index < -0.39 is 0 Å². The molecule has 2 heterocycles. The van der Waals surface area contributed by atoms with Crippen LogP contribution in [0.25, 0.3) is 0 Å². The zero-order chi connectivity index (χ0) is 14.8. The quantitative estimate of drug-likeness (QED) is 0.855. The lowest BCUT2D eigenvalue weighted by Gasteiger charge is -2.32. The maximum Gasteiger partial charge on any atom is 0.246 e. The van der Waals surface area contributed by atoms with E-state index in [0.717, 1.165) is 11.4 Å². The van der Waals surface area contributed by atoms with Crippen LogP contribution in [0.1, 0.15) is 30.2 Å². The Morgan fingerprint density at radius 1 is 1.29 bits per heavy atom. The molecular weight excluding hydrogens is 268 g/mol. The molecule has 6 heteroatoms. The molecule has 1 aromatic carbocycles. The SMILES string of the molecule is COCc1nnc2n1[C@H](C)C(=O)N(Cc1ccccc1)C2. The highest BCUT2D eigenvalue weighted by atomic mass is 16.5. The van der Waals surface area contributed by atoms with Crippen LogP contribution in [-0.2, 0) is 29.2 Å². The topological polar surface area (TPSA) is 60.3 Å². The van der Waals surface area contributed by atoms with Gasteiger partial charge in [-0.05, 0) is 12.5 Å². The molecule has 0 bridgehead atoms. The minimum Gasteiger partial charge on any atom is -0.377 e. The summed E-state index contributed by atoms with van der Waals surface area (Å²) in [5, 5.41) is 8.31. The Hall–Kier alpha value is -2.21. The van der Waals surface area contributed by atoms with E-state index >= 15 is 0 Å². The van der Waals surface area contributed by atoms with Gasteiger partial charge in [-0.2, -0.15) is 0 Å². The van der Waals surface area contributed by atoms with Gasteiger partial charge in [0.15, 0.2) is 11.6 Å². The first-order valence-corrected chi connectivity index (χ1v) is 6.95. The highest BCUT2D eigenvalue weighted by molar-refractivity contribution is 5.81. The number of hydrogen-bond donors (Lipinski definition) is 0. The molecule has 110 valence electrons. The molecule has 6 nitrogen and oxygen atoms in total. The summed E-state index contributed by atoms with van der Waals surface area (Å²) in [7, 11) is 1.61. The molecule has 0 N–H and O–H groups in total. The van der Waals surface area contributed by atoms with Crippen LogP contribution in [0.3, 0.4) is 0 Å². The Labute approximate surface area is 123 Å². The monoisotopic (exact) mass is 286 g/mol. The van der Waals surface area contributed by atoms with Crippen molar-refractivity contribution in [3.63, 3.8) is 0 Å². The van der Waals surface area contributed by atoms with Crippen LogP contribution in [-0.4, -0.2) is 32.7 Å². The van der Waals surface area contributed by atoms with E-state index in [2.05, 4.69) is 10.2 Å². The van der Waals surface area contributed by atoms with Crippen molar-refractivity contribution in [2.24, 2.45) is 0 Å². The van der Waals surface area contributed by atoms with Gasteiger partial charge in [-0.1, -0.05) is 30.3 Å². The second kappa shape index (κ2) is 5.65. The molecule has 3 rings (SSSR count). The minimum absolute atomic E-state index is 0.0866. The molecule has 1 amide bonds. The number of ether oxygens (including phenoxy) is 1. The average Bonchev–Trinajstić information content (AvgIpc) is 2.89. The number of carbonyl (C=O) groups is 1. The summed E-state index contributed by atoms with van der Waals surface area (Å²) >= 11 is 0. The fraction of sp³-hybridized carbons (Fsp3) is 0.400. The van der Waals surface area contributed by atoms with Crippen molar-refractivity contribution in [3.8, 4) is 0 Å². The summed E-state index contributed by atoms with van der Waals surface area (Å²) in [6.45, 7) is 3.32. The number of aromatic nitrogens is 3. The van der Waals surface area contributed by atoms with Crippen molar-refractivity contribution in [1.82, 2.24) is 19.7 Å². The van der Waals surface area contributed by atoms with Gasteiger partial charge in [0.25, 0.3) is 0 Å². The summed E-state index contributed by atoms with van der Waals surface area (Å²) in [5.74, 6) is 1.60. The van der Waals surface area contributed by atoms with Crippen LogP contribution in [0.5, 0.6) is 0 Å². The minimum atomic E-state index is -0.294. The summed E-state index contributed by atoms with van der Waals surface area (Å²) in [6.07, 6.45) is 0. The van der Waals surface area contributed by atoms with E-state index in [-0.39, 0.29) is 11.9 Å². The molecule has 0 saturated carbocycles. The molecule has 0 unspecified atom stereocenters. The lowest BCUT2D eigenvalue weighted by Crippen LogP contribution is -2.41. The Morgan fingerprint density at radius 3 is 2.76 bits per heavy atom. The van der Waals surface area contributed by atoms with Gasteiger partial charge >= 0.3 is 0 Å². The van der Waals surface area contributed by atoms with Gasteiger partial charge in [-0.25, -0.2) is 0 Å². The van der Waals surface area contributed by atoms with E-state index in [0.29, 0.717) is 25.5 Å². The lowest BCUT2D eigenvalue weighted by molar-refractivity contribution is -0.137. The fourth-order valence-electron chi connectivity index (χ4n) is 2.70. The van der Waals surface area contributed by atoms with E-state index in [1.54, 1.807) is 7.11 Å². The predicted octanol–water partition coefficient (Wildman–Crippen LogP) is 1.53. The third-order valence-corrected chi connectivity index (χ3v) is 3.72. The molecule has 0 radical (unpaired) electrons. The third-order valence-electron chi connectivity index (χ3n) is 3.72. The number of amides is 1. The highest BCUT2D eigenvalue weighted by Crippen LogP contribution is 2.24. The van der Waals surface area contributed by atoms with Gasteiger partial charge < -0.3 is 9.64 Å². The van der Waals surface area contributed by atoms with Crippen LogP contribution in [0.2, 0.25) is 0 Å². The molecule has 1 aliphatic heterocycles. The second-order valence-electron chi connectivity index (χ2n) is 5.19. The Balaban J connectivity index is 1.85. The first-order chi connectivity index (χ1) is 10.2. The van der Waals surface area contributed by atoms with E-state index in [1.165, 1.54) is 0 Å². The smallest absolute Gasteiger partial charge is 0.246 e. The molecular formula is C15H18N4O2. The molecule has 1 aliphatic rings. The molecule has 1 aromatic heterocycles. The van der Waals surface area contributed by atoms with Crippen LogP contribution in [0.4, 0.5) is 0 Å². The second-order valence-corrected chi connectivity index (χ2v) is 5.19. The molecule has 0 spiro atoms. The van der Waals surface area contributed by atoms with E-state index in [4.69, 9.17) is 4.74 Å². The van der Waals surface area contributed by atoms with Crippen molar-refractivity contribution in [2.75, 3.05) is 7.11 Å². The van der Waals surface area contributed by atoms with Gasteiger partial charge in [0, 0.05) is 13.7 Å². The van der Waals surface area contributed by atoms with Crippen LogP contribution >= 0.6 is 0 Å². The molecule has 0 saturated heterocycles. The van der Waals surface area contributed by atoms with Crippen molar-refractivity contribution < 1.29 is 9.53 Å². The van der Waals surface area contributed by atoms with Crippen LogP contribution < -0.4 is 0 Å². The van der Waals surface area contributed by atoms with Gasteiger partial charge in [-0.15, -0.1) is 10.2 Å². The number of fused-ring (bicyclic) bond motifs is 1. The molecule has 1 atom stereocenters. The Kier molecular flexibility index (Phi) is 3.70.